The Balaban J connectivity index is 1.59. The number of imide groups is 1. The van der Waals surface area contributed by atoms with Crippen LogP contribution in [0.5, 0.6) is 5.75 Å². The third kappa shape index (κ3) is 5.61. The fourth-order valence-corrected chi connectivity index (χ4v) is 3.58. The lowest BCUT2D eigenvalue weighted by Crippen LogP contribution is -2.31. The SMILES string of the molecule is O=C(CCN1C(=O)S/C(=C\C=C\c2ccccc2)C1=O)Nc1ccc(O)cc1C(=O)O. The molecule has 31 heavy (non-hydrogen) atoms. The second kappa shape index (κ2) is 9.77. The van der Waals surface area contributed by atoms with Crippen molar-refractivity contribution in [2.24, 2.45) is 0 Å². The summed E-state index contributed by atoms with van der Waals surface area (Å²) in [5.74, 6) is -2.62. The molecule has 1 aliphatic heterocycles. The van der Waals surface area contributed by atoms with Crippen LogP contribution in [0.3, 0.4) is 0 Å². The summed E-state index contributed by atoms with van der Waals surface area (Å²) in [7, 11) is 0. The number of aromatic carboxylic acids is 1. The zero-order chi connectivity index (χ0) is 22.4. The maximum atomic E-state index is 12.5. The Morgan fingerprint density at radius 1 is 1.10 bits per heavy atom. The van der Waals surface area contributed by atoms with E-state index in [1.165, 1.54) is 12.1 Å². The van der Waals surface area contributed by atoms with Crippen molar-refractivity contribution in [1.82, 2.24) is 4.90 Å². The van der Waals surface area contributed by atoms with E-state index >= 15 is 0 Å². The van der Waals surface area contributed by atoms with Gasteiger partial charge < -0.3 is 15.5 Å². The summed E-state index contributed by atoms with van der Waals surface area (Å²) in [6.07, 6.45) is 4.83. The number of carboxylic acids is 1. The number of hydrogen-bond donors (Lipinski definition) is 3. The Labute approximate surface area is 181 Å². The third-order valence-electron chi connectivity index (χ3n) is 4.28. The number of benzene rings is 2. The topological polar surface area (TPSA) is 124 Å². The first kappa shape index (κ1) is 21.8. The van der Waals surface area contributed by atoms with Gasteiger partial charge in [0.2, 0.25) is 5.91 Å². The number of carbonyl (C=O) groups excluding carboxylic acids is 3. The molecule has 2 aromatic rings. The molecular formula is C22H18N2O6S. The van der Waals surface area contributed by atoms with Crippen LogP contribution in [0, 0.1) is 0 Å². The van der Waals surface area contributed by atoms with Crippen molar-refractivity contribution >= 4 is 46.5 Å². The monoisotopic (exact) mass is 438 g/mol. The van der Waals surface area contributed by atoms with Crippen molar-refractivity contribution in [3.8, 4) is 5.75 Å². The van der Waals surface area contributed by atoms with E-state index in [-0.39, 0.29) is 34.9 Å². The van der Waals surface area contributed by atoms with Crippen molar-refractivity contribution in [3.05, 3.63) is 76.7 Å². The average molecular weight is 438 g/mol. The highest BCUT2D eigenvalue weighted by Crippen LogP contribution is 2.31. The fourth-order valence-electron chi connectivity index (χ4n) is 2.76. The van der Waals surface area contributed by atoms with Gasteiger partial charge in [-0.05, 0) is 41.6 Å². The number of amides is 3. The van der Waals surface area contributed by atoms with Crippen LogP contribution in [0.15, 0.2) is 65.6 Å². The first-order chi connectivity index (χ1) is 14.8. The highest BCUT2D eigenvalue weighted by molar-refractivity contribution is 8.18. The molecule has 3 rings (SSSR count). The van der Waals surface area contributed by atoms with Crippen LogP contribution in [0.4, 0.5) is 10.5 Å². The molecule has 0 aliphatic carbocycles. The first-order valence-electron chi connectivity index (χ1n) is 9.18. The van der Waals surface area contributed by atoms with E-state index in [1.54, 1.807) is 18.2 Å². The molecule has 158 valence electrons. The van der Waals surface area contributed by atoms with E-state index in [0.29, 0.717) is 0 Å². The van der Waals surface area contributed by atoms with E-state index in [9.17, 15) is 29.4 Å². The molecule has 8 nitrogen and oxygen atoms in total. The molecule has 1 saturated heterocycles. The molecule has 1 heterocycles. The number of phenols is 1. The van der Waals surface area contributed by atoms with E-state index < -0.39 is 23.0 Å². The third-order valence-corrected chi connectivity index (χ3v) is 5.21. The van der Waals surface area contributed by atoms with Crippen LogP contribution in [-0.2, 0) is 9.59 Å². The van der Waals surface area contributed by atoms with Gasteiger partial charge >= 0.3 is 5.97 Å². The number of rotatable bonds is 7. The van der Waals surface area contributed by atoms with Gasteiger partial charge in [0.05, 0.1) is 16.2 Å². The van der Waals surface area contributed by atoms with E-state index in [0.717, 1.165) is 28.3 Å². The maximum Gasteiger partial charge on any atom is 0.337 e. The number of nitrogens with one attached hydrogen (secondary N) is 1. The van der Waals surface area contributed by atoms with Crippen LogP contribution in [0.1, 0.15) is 22.3 Å². The molecule has 0 aromatic heterocycles. The number of phenolic OH excluding ortho intramolecular Hbond substituents is 1. The quantitative estimate of drug-likeness (QED) is 0.445. The summed E-state index contributed by atoms with van der Waals surface area (Å²) in [6.45, 7) is -0.142. The molecule has 3 amide bonds. The van der Waals surface area contributed by atoms with Crippen LogP contribution in [-0.4, -0.2) is 44.7 Å². The largest absolute Gasteiger partial charge is 0.508 e. The van der Waals surface area contributed by atoms with Crippen molar-refractivity contribution in [2.75, 3.05) is 11.9 Å². The van der Waals surface area contributed by atoms with Gasteiger partial charge in [-0.25, -0.2) is 4.79 Å². The number of anilines is 1. The molecule has 0 saturated carbocycles. The van der Waals surface area contributed by atoms with Crippen LogP contribution < -0.4 is 5.32 Å². The van der Waals surface area contributed by atoms with E-state index in [1.807, 2.05) is 30.3 Å². The molecule has 0 radical (unpaired) electrons. The van der Waals surface area contributed by atoms with Crippen molar-refractivity contribution in [2.45, 2.75) is 6.42 Å². The summed E-state index contributed by atoms with van der Waals surface area (Å²) in [6, 6.07) is 13.0. The smallest absolute Gasteiger partial charge is 0.337 e. The molecule has 0 unspecified atom stereocenters. The van der Waals surface area contributed by atoms with Gasteiger partial charge in [-0.3, -0.25) is 19.3 Å². The van der Waals surface area contributed by atoms with Crippen LogP contribution >= 0.6 is 11.8 Å². The lowest BCUT2D eigenvalue weighted by molar-refractivity contribution is -0.123. The highest BCUT2D eigenvalue weighted by Gasteiger charge is 2.34. The number of hydrogen-bond acceptors (Lipinski definition) is 6. The fraction of sp³-hybridized carbons (Fsp3) is 0.0909. The Morgan fingerprint density at radius 2 is 1.84 bits per heavy atom. The number of aromatic hydroxyl groups is 1. The molecule has 0 spiro atoms. The zero-order valence-electron chi connectivity index (χ0n) is 16.1. The number of thioether (sulfide) groups is 1. The van der Waals surface area contributed by atoms with Gasteiger partial charge in [-0.1, -0.05) is 42.5 Å². The summed E-state index contributed by atoms with van der Waals surface area (Å²) in [5.41, 5.74) is 0.688. The second-order valence-corrected chi connectivity index (χ2v) is 7.45. The lowest BCUT2D eigenvalue weighted by Gasteiger charge is -2.13. The predicted octanol–water partition coefficient (Wildman–Crippen LogP) is 3.71. The standard InChI is InChI=1S/C22H18N2O6S/c25-15-9-10-17(16(13-15)21(28)29)23-19(26)11-12-24-20(27)18(31-22(24)30)8-4-7-14-5-2-1-3-6-14/h1-10,13,25H,11-12H2,(H,23,26)(H,28,29)/b7-4+,18-8-. The molecule has 3 N–H and O–H groups in total. The Hall–Kier alpha value is -3.85. The van der Waals surface area contributed by atoms with Crippen molar-refractivity contribution in [3.63, 3.8) is 0 Å². The molecule has 0 bridgehead atoms. The zero-order valence-corrected chi connectivity index (χ0v) is 17.0. The van der Waals surface area contributed by atoms with Crippen molar-refractivity contribution < 1.29 is 29.4 Å². The molecule has 9 heteroatoms. The molecule has 2 aromatic carbocycles. The van der Waals surface area contributed by atoms with Crippen LogP contribution in [0.25, 0.3) is 6.08 Å². The Kier molecular flexibility index (Phi) is 6.88. The minimum atomic E-state index is -1.31. The minimum Gasteiger partial charge on any atom is -0.508 e. The average Bonchev–Trinajstić information content (AvgIpc) is 3.01. The normalized spacial score (nSPS) is 15.1. The number of allylic oxidation sites excluding steroid dienone is 2. The Morgan fingerprint density at radius 3 is 2.55 bits per heavy atom. The summed E-state index contributed by atoms with van der Waals surface area (Å²) >= 11 is 0.791. The van der Waals surface area contributed by atoms with Gasteiger partial charge in [0.15, 0.2) is 0 Å². The summed E-state index contributed by atoms with van der Waals surface area (Å²) in [4.78, 5) is 49.3. The molecular weight excluding hydrogens is 420 g/mol. The van der Waals surface area contributed by atoms with Gasteiger partial charge in [0.1, 0.15) is 5.75 Å². The maximum absolute atomic E-state index is 12.5. The summed E-state index contributed by atoms with van der Waals surface area (Å²) in [5, 5.41) is 20.5. The van der Waals surface area contributed by atoms with E-state index in [2.05, 4.69) is 5.32 Å². The lowest BCUT2D eigenvalue weighted by atomic mass is 10.1. The molecule has 1 aliphatic rings. The second-order valence-electron chi connectivity index (χ2n) is 6.46. The minimum absolute atomic E-state index is 0.00961. The van der Waals surface area contributed by atoms with E-state index in [4.69, 9.17) is 0 Å². The Bertz CT molecular complexity index is 1090. The van der Waals surface area contributed by atoms with Gasteiger partial charge in [-0.2, -0.15) is 0 Å². The number of carboxylic acid groups (broad SMARTS) is 1. The van der Waals surface area contributed by atoms with Crippen LogP contribution in [0.2, 0.25) is 0 Å². The predicted molar refractivity (Wildman–Crippen MR) is 117 cm³/mol. The number of nitrogens with zero attached hydrogens (tertiary/aromatic N) is 1. The number of carbonyl (C=O) groups is 4. The molecule has 0 atom stereocenters. The first-order valence-corrected chi connectivity index (χ1v) is 10.00. The van der Waals surface area contributed by atoms with Gasteiger partial charge in [0.25, 0.3) is 11.1 Å². The van der Waals surface area contributed by atoms with Gasteiger partial charge in [-0.15, -0.1) is 0 Å². The highest BCUT2D eigenvalue weighted by atomic mass is 32.2. The van der Waals surface area contributed by atoms with Crippen molar-refractivity contribution in [1.29, 1.82) is 0 Å². The van der Waals surface area contributed by atoms with Gasteiger partial charge in [0, 0.05) is 13.0 Å². The summed E-state index contributed by atoms with van der Waals surface area (Å²) < 4.78 is 0. The molecule has 1 fully saturated rings.